The van der Waals surface area contributed by atoms with E-state index in [9.17, 15) is 9.90 Å². The third-order valence-electron chi connectivity index (χ3n) is 5.59. The number of hydrogen-bond acceptors (Lipinski definition) is 2. The van der Waals surface area contributed by atoms with E-state index >= 15 is 0 Å². The second-order valence-electron chi connectivity index (χ2n) is 6.41. The molecule has 0 aromatic carbocycles. The zero-order valence-electron chi connectivity index (χ0n) is 9.62. The van der Waals surface area contributed by atoms with Gasteiger partial charge in [-0.25, -0.2) is 0 Å². The van der Waals surface area contributed by atoms with Crippen LogP contribution in [0.5, 0.6) is 0 Å². The van der Waals surface area contributed by atoms with E-state index in [1.165, 1.54) is 0 Å². The van der Waals surface area contributed by atoms with Crippen molar-refractivity contribution in [1.29, 1.82) is 0 Å². The molecular weight excluding hydrogens is 188 g/mol. The molecule has 2 unspecified atom stereocenters. The van der Waals surface area contributed by atoms with Gasteiger partial charge in [0.2, 0.25) is 0 Å². The second kappa shape index (κ2) is 2.65. The Morgan fingerprint density at radius 1 is 1.20 bits per heavy atom. The van der Waals surface area contributed by atoms with E-state index in [0.717, 1.165) is 32.1 Å². The first-order chi connectivity index (χ1) is 6.94. The molecule has 0 saturated heterocycles. The minimum atomic E-state index is -0.490. The van der Waals surface area contributed by atoms with E-state index < -0.39 is 5.60 Å². The minimum absolute atomic E-state index is 0.0429. The summed E-state index contributed by atoms with van der Waals surface area (Å²) in [7, 11) is 0. The van der Waals surface area contributed by atoms with Crippen molar-refractivity contribution >= 4 is 5.78 Å². The molecule has 0 radical (unpaired) electrons. The van der Waals surface area contributed by atoms with Crippen LogP contribution in [0.25, 0.3) is 0 Å². The normalized spacial score (nSPS) is 57.1. The monoisotopic (exact) mass is 208 g/mol. The molecule has 2 nitrogen and oxygen atoms in total. The molecule has 0 aromatic rings. The molecule has 4 aliphatic rings. The lowest BCUT2D eigenvalue weighted by Gasteiger charge is -2.62. The number of Topliss-reactive ketones (excluding diaryl/α,β-unsaturated/α-hetero) is 1. The van der Waals surface area contributed by atoms with E-state index in [2.05, 4.69) is 0 Å². The summed E-state index contributed by atoms with van der Waals surface area (Å²) >= 11 is 0. The molecule has 4 saturated carbocycles. The molecule has 0 spiro atoms. The molecule has 4 rings (SSSR count). The first kappa shape index (κ1) is 9.83. The third kappa shape index (κ3) is 1.12. The number of carbonyl (C=O) groups is 1. The first-order valence-corrected chi connectivity index (χ1v) is 6.17. The summed E-state index contributed by atoms with van der Waals surface area (Å²) in [5.41, 5.74) is -0.533. The van der Waals surface area contributed by atoms with Crippen molar-refractivity contribution in [3.63, 3.8) is 0 Å². The number of rotatable bonds is 1. The quantitative estimate of drug-likeness (QED) is 0.717. The third-order valence-corrected chi connectivity index (χ3v) is 5.59. The Bertz CT molecular complexity index is 300. The molecule has 1 N–H and O–H groups in total. The van der Waals surface area contributed by atoms with Crippen LogP contribution in [0.1, 0.15) is 46.0 Å². The Kier molecular flexibility index (Phi) is 1.74. The summed E-state index contributed by atoms with van der Waals surface area (Å²) in [4.78, 5) is 11.8. The molecule has 15 heavy (non-hydrogen) atoms. The van der Waals surface area contributed by atoms with Gasteiger partial charge in [0.15, 0.2) is 0 Å². The lowest BCUT2D eigenvalue weighted by Crippen LogP contribution is -2.61. The van der Waals surface area contributed by atoms with Gasteiger partial charge in [-0.05, 0) is 63.7 Å². The topological polar surface area (TPSA) is 37.3 Å². The van der Waals surface area contributed by atoms with Crippen molar-refractivity contribution in [1.82, 2.24) is 0 Å². The highest BCUT2D eigenvalue weighted by Gasteiger charge is 2.61. The minimum Gasteiger partial charge on any atom is -0.390 e. The summed E-state index contributed by atoms with van der Waals surface area (Å²) in [5.74, 6) is 1.85. The molecule has 2 heteroatoms. The van der Waals surface area contributed by atoms with Crippen molar-refractivity contribution in [3.05, 3.63) is 0 Å². The zero-order valence-corrected chi connectivity index (χ0v) is 9.62. The van der Waals surface area contributed by atoms with Gasteiger partial charge in [0, 0.05) is 5.41 Å². The molecule has 2 atom stereocenters. The van der Waals surface area contributed by atoms with E-state index in [1.807, 2.05) is 6.92 Å². The fourth-order valence-electron chi connectivity index (χ4n) is 4.64. The largest absolute Gasteiger partial charge is 0.390 e. The van der Waals surface area contributed by atoms with Gasteiger partial charge >= 0.3 is 0 Å². The SMILES string of the molecule is CC(=O)C12CC3CC(C1)C(C)(O)C(C3)C2. The molecule has 0 heterocycles. The maximum absolute atomic E-state index is 11.8. The molecule has 84 valence electrons. The van der Waals surface area contributed by atoms with Crippen molar-refractivity contribution in [2.24, 2.45) is 23.2 Å². The standard InChI is InChI=1S/C13H20O2/c1-8(14)13-5-9-3-10(6-13)12(2,15)11(4-9)7-13/h9-11,15H,3-7H2,1-2H3. The fourth-order valence-corrected chi connectivity index (χ4v) is 4.64. The van der Waals surface area contributed by atoms with E-state index in [1.54, 1.807) is 6.92 Å². The van der Waals surface area contributed by atoms with Crippen LogP contribution in [-0.2, 0) is 4.79 Å². The fraction of sp³-hybridized carbons (Fsp3) is 0.923. The van der Waals surface area contributed by atoms with Crippen LogP contribution in [0.3, 0.4) is 0 Å². The Morgan fingerprint density at radius 3 is 2.20 bits per heavy atom. The predicted molar refractivity (Wildman–Crippen MR) is 57.3 cm³/mol. The van der Waals surface area contributed by atoms with Crippen LogP contribution in [0, 0.1) is 23.2 Å². The lowest BCUT2D eigenvalue weighted by atomic mass is 9.44. The van der Waals surface area contributed by atoms with Crippen molar-refractivity contribution in [2.75, 3.05) is 0 Å². The molecule has 0 aliphatic heterocycles. The van der Waals surface area contributed by atoms with Crippen molar-refractivity contribution < 1.29 is 9.90 Å². The summed E-state index contributed by atoms with van der Waals surface area (Å²) in [5, 5.41) is 10.5. The molecule has 4 bridgehead atoms. The number of ketones is 1. The molecule has 0 aromatic heterocycles. The summed E-state index contributed by atoms with van der Waals surface area (Å²) < 4.78 is 0. The predicted octanol–water partition coefficient (Wildman–Crippen LogP) is 2.15. The average Bonchev–Trinajstić information content (AvgIpc) is 2.13. The molecule has 0 amide bonds. The van der Waals surface area contributed by atoms with Crippen LogP contribution in [0.4, 0.5) is 0 Å². The Labute approximate surface area is 91.1 Å². The Balaban J connectivity index is 2.00. The van der Waals surface area contributed by atoms with Crippen LogP contribution in [0.2, 0.25) is 0 Å². The number of carbonyl (C=O) groups excluding carboxylic acids is 1. The lowest BCUT2D eigenvalue weighted by molar-refractivity contribution is -0.193. The van der Waals surface area contributed by atoms with Crippen LogP contribution < -0.4 is 0 Å². The van der Waals surface area contributed by atoms with Gasteiger partial charge in [-0.1, -0.05) is 0 Å². The number of aliphatic hydroxyl groups is 1. The van der Waals surface area contributed by atoms with Crippen LogP contribution in [0.15, 0.2) is 0 Å². The highest BCUT2D eigenvalue weighted by atomic mass is 16.3. The van der Waals surface area contributed by atoms with E-state index in [0.29, 0.717) is 23.5 Å². The van der Waals surface area contributed by atoms with Crippen LogP contribution in [-0.4, -0.2) is 16.5 Å². The highest BCUT2D eigenvalue weighted by molar-refractivity contribution is 5.83. The summed E-state index contributed by atoms with van der Waals surface area (Å²) in [6, 6.07) is 0. The maximum Gasteiger partial charge on any atom is 0.135 e. The van der Waals surface area contributed by atoms with Gasteiger partial charge in [0.25, 0.3) is 0 Å². The van der Waals surface area contributed by atoms with E-state index in [-0.39, 0.29) is 5.41 Å². The first-order valence-electron chi connectivity index (χ1n) is 6.17. The molecule has 4 aliphatic carbocycles. The van der Waals surface area contributed by atoms with Crippen molar-refractivity contribution in [3.8, 4) is 0 Å². The smallest absolute Gasteiger partial charge is 0.135 e. The van der Waals surface area contributed by atoms with Gasteiger partial charge in [-0.2, -0.15) is 0 Å². The Hall–Kier alpha value is -0.370. The summed E-state index contributed by atoms with van der Waals surface area (Å²) in [6.07, 6.45) is 5.30. The van der Waals surface area contributed by atoms with Gasteiger partial charge in [0.1, 0.15) is 5.78 Å². The second-order valence-corrected chi connectivity index (χ2v) is 6.41. The van der Waals surface area contributed by atoms with Gasteiger partial charge in [-0.3, -0.25) is 4.79 Å². The van der Waals surface area contributed by atoms with E-state index in [4.69, 9.17) is 0 Å². The number of hydrogen-bond donors (Lipinski definition) is 1. The zero-order chi connectivity index (χ0) is 10.8. The molecule has 4 fully saturated rings. The van der Waals surface area contributed by atoms with Crippen LogP contribution >= 0.6 is 0 Å². The molecular formula is C13H20O2. The summed E-state index contributed by atoms with van der Waals surface area (Å²) in [6.45, 7) is 3.75. The van der Waals surface area contributed by atoms with Gasteiger partial charge < -0.3 is 5.11 Å². The van der Waals surface area contributed by atoms with Gasteiger partial charge in [-0.15, -0.1) is 0 Å². The van der Waals surface area contributed by atoms with Gasteiger partial charge in [0.05, 0.1) is 5.60 Å². The average molecular weight is 208 g/mol. The Morgan fingerprint density at radius 2 is 1.73 bits per heavy atom. The highest BCUT2D eigenvalue weighted by Crippen LogP contribution is 2.63. The van der Waals surface area contributed by atoms with Crippen molar-refractivity contribution in [2.45, 2.75) is 51.6 Å². The maximum atomic E-state index is 11.8.